The molecule has 1 aliphatic heterocycles. The summed E-state index contributed by atoms with van der Waals surface area (Å²) in [4.78, 5) is 0. The highest BCUT2D eigenvalue weighted by molar-refractivity contribution is 5.72. The number of allylic oxidation sites excluding steroid dienone is 1. The van der Waals surface area contributed by atoms with Gasteiger partial charge in [-0.1, -0.05) is 6.08 Å². The Kier molecular flexibility index (Phi) is 2.06. The van der Waals surface area contributed by atoms with E-state index in [4.69, 9.17) is 4.74 Å². The van der Waals surface area contributed by atoms with Gasteiger partial charge < -0.3 is 14.6 Å². The van der Waals surface area contributed by atoms with E-state index in [1.807, 2.05) is 0 Å². The second-order valence-electron chi connectivity index (χ2n) is 4.16. The molecule has 0 saturated carbocycles. The Bertz CT molecular complexity index is 418. The average molecular weight is 204 g/mol. The number of methoxy groups -OCH3 is 1. The molecule has 2 heterocycles. The van der Waals surface area contributed by atoms with Crippen molar-refractivity contribution < 1.29 is 4.74 Å². The van der Waals surface area contributed by atoms with E-state index in [-0.39, 0.29) is 0 Å². The van der Waals surface area contributed by atoms with Crippen LogP contribution in [-0.2, 0) is 13.0 Å². The zero-order chi connectivity index (χ0) is 10.3. The SMILES string of the molecule is COc1cn2c3c1CCC=C3CNCC2. The van der Waals surface area contributed by atoms with Crippen LogP contribution in [0.5, 0.6) is 5.75 Å². The highest BCUT2D eigenvalue weighted by Gasteiger charge is 2.23. The molecule has 0 atom stereocenters. The third-order valence-corrected chi connectivity index (χ3v) is 3.30. The first-order valence-electron chi connectivity index (χ1n) is 5.56. The van der Waals surface area contributed by atoms with E-state index >= 15 is 0 Å². The lowest BCUT2D eigenvalue weighted by molar-refractivity contribution is 0.409. The van der Waals surface area contributed by atoms with Crippen LogP contribution < -0.4 is 10.1 Å². The van der Waals surface area contributed by atoms with E-state index < -0.39 is 0 Å². The lowest BCUT2D eigenvalue weighted by atomic mass is 9.97. The van der Waals surface area contributed by atoms with Gasteiger partial charge in [0, 0.05) is 31.4 Å². The molecule has 3 rings (SSSR count). The van der Waals surface area contributed by atoms with Crippen molar-refractivity contribution in [2.75, 3.05) is 20.2 Å². The summed E-state index contributed by atoms with van der Waals surface area (Å²) in [6.45, 7) is 3.09. The number of rotatable bonds is 1. The third kappa shape index (κ3) is 1.30. The highest BCUT2D eigenvalue weighted by Crippen LogP contribution is 2.35. The molecule has 0 amide bonds. The Balaban J connectivity index is 2.18. The zero-order valence-corrected chi connectivity index (χ0v) is 9.05. The molecule has 3 nitrogen and oxygen atoms in total. The van der Waals surface area contributed by atoms with Crippen LogP contribution in [0.2, 0.25) is 0 Å². The number of hydrogen-bond donors (Lipinski definition) is 1. The van der Waals surface area contributed by atoms with Crippen molar-refractivity contribution in [2.45, 2.75) is 19.4 Å². The van der Waals surface area contributed by atoms with Crippen molar-refractivity contribution >= 4 is 5.57 Å². The molecule has 1 aliphatic carbocycles. The third-order valence-electron chi connectivity index (χ3n) is 3.30. The maximum Gasteiger partial charge on any atom is 0.140 e. The second-order valence-corrected chi connectivity index (χ2v) is 4.16. The highest BCUT2D eigenvalue weighted by atomic mass is 16.5. The lowest BCUT2D eigenvalue weighted by Crippen LogP contribution is -2.17. The van der Waals surface area contributed by atoms with Crippen molar-refractivity contribution in [3.05, 3.63) is 23.5 Å². The summed E-state index contributed by atoms with van der Waals surface area (Å²) < 4.78 is 7.78. The smallest absolute Gasteiger partial charge is 0.140 e. The van der Waals surface area contributed by atoms with Gasteiger partial charge in [0.15, 0.2) is 0 Å². The Morgan fingerprint density at radius 2 is 2.40 bits per heavy atom. The second kappa shape index (κ2) is 3.42. The quantitative estimate of drug-likeness (QED) is 0.749. The fourth-order valence-corrected chi connectivity index (χ4v) is 2.61. The van der Waals surface area contributed by atoms with E-state index in [0.717, 1.165) is 38.2 Å². The molecule has 1 N–H and O–H groups in total. The number of hydrogen-bond acceptors (Lipinski definition) is 2. The fraction of sp³-hybridized carbons (Fsp3) is 0.500. The Morgan fingerprint density at radius 1 is 1.47 bits per heavy atom. The standard InChI is InChI=1S/C12H16N2O/c1-15-11-8-14-6-5-13-7-9-3-2-4-10(11)12(9)14/h3,8,13H,2,4-7H2,1H3. The van der Waals surface area contributed by atoms with Crippen LogP contribution in [0.1, 0.15) is 17.7 Å². The number of nitrogens with one attached hydrogen (secondary N) is 1. The van der Waals surface area contributed by atoms with Gasteiger partial charge in [0.2, 0.25) is 0 Å². The van der Waals surface area contributed by atoms with Crippen LogP contribution in [0, 0.1) is 0 Å². The fourth-order valence-electron chi connectivity index (χ4n) is 2.61. The lowest BCUT2D eigenvalue weighted by Gasteiger charge is -2.15. The predicted molar refractivity (Wildman–Crippen MR) is 60.2 cm³/mol. The molecule has 3 heteroatoms. The van der Waals surface area contributed by atoms with Gasteiger partial charge in [-0.05, 0) is 18.4 Å². The van der Waals surface area contributed by atoms with E-state index in [9.17, 15) is 0 Å². The van der Waals surface area contributed by atoms with Gasteiger partial charge in [0.1, 0.15) is 5.75 Å². The van der Waals surface area contributed by atoms with Gasteiger partial charge >= 0.3 is 0 Å². The molecule has 0 aromatic carbocycles. The number of nitrogens with zero attached hydrogens (tertiary/aromatic N) is 1. The number of ether oxygens (including phenoxy) is 1. The first-order chi connectivity index (χ1) is 7.40. The summed E-state index contributed by atoms with van der Waals surface area (Å²) in [6.07, 6.45) is 6.77. The van der Waals surface area contributed by atoms with E-state index in [1.165, 1.54) is 16.8 Å². The molecule has 0 bridgehead atoms. The summed E-state index contributed by atoms with van der Waals surface area (Å²) in [5.41, 5.74) is 4.25. The topological polar surface area (TPSA) is 26.2 Å². The minimum atomic E-state index is 1.00. The van der Waals surface area contributed by atoms with Crippen LogP contribution in [0.15, 0.2) is 12.3 Å². The Morgan fingerprint density at radius 3 is 3.27 bits per heavy atom. The van der Waals surface area contributed by atoms with Gasteiger partial charge in [-0.25, -0.2) is 0 Å². The van der Waals surface area contributed by atoms with Gasteiger partial charge in [0.25, 0.3) is 0 Å². The molecular weight excluding hydrogens is 188 g/mol. The molecule has 0 fully saturated rings. The van der Waals surface area contributed by atoms with Crippen LogP contribution in [0.3, 0.4) is 0 Å². The van der Waals surface area contributed by atoms with E-state index in [0.29, 0.717) is 0 Å². The largest absolute Gasteiger partial charge is 0.495 e. The van der Waals surface area contributed by atoms with Crippen LogP contribution in [0.4, 0.5) is 0 Å². The normalized spacial score (nSPS) is 19.1. The maximum absolute atomic E-state index is 5.44. The molecule has 2 aliphatic rings. The van der Waals surface area contributed by atoms with Gasteiger partial charge in [-0.2, -0.15) is 0 Å². The Labute approximate surface area is 89.7 Å². The van der Waals surface area contributed by atoms with E-state index in [1.54, 1.807) is 7.11 Å². The van der Waals surface area contributed by atoms with Crippen LogP contribution in [-0.4, -0.2) is 24.8 Å². The van der Waals surface area contributed by atoms with Crippen LogP contribution >= 0.6 is 0 Å². The summed E-state index contributed by atoms with van der Waals surface area (Å²) in [5, 5.41) is 3.45. The molecule has 0 spiro atoms. The molecule has 0 saturated heterocycles. The first kappa shape index (κ1) is 9.04. The minimum absolute atomic E-state index is 1.00. The molecule has 0 unspecified atom stereocenters. The van der Waals surface area contributed by atoms with Crippen molar-refractivity contribution in [1.82, 2.24) is 9.88 Å². The summed E-state index contributed by atoms with van der Waals surface area (Å²) >= 11 is 0. The summed E-state index contributed by atoms with van der Waals surface area (Å²) in [6, 6.07) is 0. The van der Waals surface area contributed by atoms with Crippen molar-refractivity contribution in [3.8, 4) is 5.75 Å². The van der Waals surface area contributed by atoms with Gasteiger partial charge in [0.05, 0.1) is 12.8 Å². The predicted octanol–water partition coefficient (Wildman–Crippen LogP) is 1.43. The monoisotopic (exact) mass is 204 g/mol. The molecule has 1 aromatic heterocycles. The van der Waals surface area contributed by atoms with Gasteiger partial charge in [-0.15, -0.1) is 0 Å². The maximum atomic E-state index is 5.44. The minimum Gasteiger partial charge on any atom is -0.495 e. The summed E-state index contributed by atoms with van der Waals surface area (Å²) in [7, 11) is 1.77. The molecule has 0 radical (unpaired) electrons. The zero-order valence-electron chi connectivity index (χ0n) is 9.05. The van der Waals surface area contributed by atoms with Crippen molar-refractivity contribution in [2.24, 2.45) is 0 Å². The average Bonchev–Trinajstić information content (AvgIpc) is 2.50. The van der Waals surface area contributed by atoms with Gasteiger partial charge in [-0.3, -0.25) is 0 Å². The summed E-state index contributed by atoms with van der Waals surface area (Å²) in [5.74, 6) is 1.07. The molecule has 15 heavy (non-hydrogen) atoms. The van der Waals surface area contributed by atoms with E-state index in [2.05, 4.69) is 22.2 Å². The molecule has 1 aromatic rings. The first-order valence-corrected chi connectivity index (χ1v) is 5.56. The van der Waals surface area contributed by atoms with Crippen molar-refractivity contribution in [1.29, 1.82) is 0 Å². The molecule has 80 valence electrons. The Hall–Kier alpha value is -1.22. The van der Waals surface area contributed by atoms with Crippen LogP contribution in [0.25, 0.3) is 5.57 Å². The van der Waals surface area contributed by atoms with Crippen molar-refractivity contribution in [3.63, 3.8) is 0 Å². The number of aromatic nitrogens is 1. The molecular formula is C12H16N2O.